The summed E-state index contributed by atoms with van der Waals surface area (Å²) >= 11 is 0. The Hall–Kier alpha value is -2.83. The standard InChI is InChI=1S/C25H29FN4O2/c1-16-19-15-22(31)30(14-12-17-7-4-5-10-20(17)26)24(19)28-23(27-16)21-11-6-13-29(21)25(32)18-8-2-3-9-18/h4-5,7,10,18,21H,2-3,6,8-9,11-15H2,1H3/t21-/m1/s1. The molecule has 2 aromatic rings. The van der Waals surface area contributed by atoms with Gasteiger partial charge in [0.25, 0.3) is 0 Å². The summed E-state index contributed by atoms with van der Waals surface area (Å²) in [6.45, 7) is 3.03. The van der Waals surface area contributed by atoms with Crippen molar-refractivity contribution in [3.05, 3.63) is 52.7 Å². The van der Waals surface area contributed by atoms with Crippen LogP contribution in [0.4, 0.5) is 10.2 Å². The van der Waals surface area contributed by atoms with Crippen molar-refractivity contribution >= 4 is 17.6 Å². The van der Waals surface area contributed by atoms with E-state index >= 15 is 0 Å². The number of hydrogen-bond acceptors (Lipinski definition) is 4. The first-order valence-electron chi connectivity index (χ1n) is 11.7. The molecule has 7 heteroatoms. The number of likely N-dealkylation sites (tertiary alicyclic amines) is 1. The van der Waals surface area contributed by atoms with Gasteiger partial charge in [-0.3, -0.25) is 14.5 Å². The van der Waals surface area contributed by atoms with Gasteiger partial charge in [-0.05, 0) is 50.7 Å². The van der Waals surface area contributed by atoms with Crippen molar-refractivity contribution in [2.45, 2.75) is 64.3 Å². The summed E-state index contributed by atoms with van der Waals surface area (Å²) in [7, 11) is 0. The number of halogens is 1. The maximum Gasteiger partial charge on any atom is 0.232 e. The van der Waals surface area contributed by atoms with Gasteiger partial charge in [0.05, 0.1) is 12.5 Å². The van der Waals surface area contributed by atoms with Crippen LogP contribution in [-0.4, -0.2) is 39.8 Å². The number of carbonyl (C=O) groups excluding carboxylic acids is 2. The lowest BCUT2D eigenvalue weighted by Gasteiger charge is -2.27. The fourth-order valence-electron chi connectivity index (χ4n) is 5.42. The van der Waals surface area contributed by atoms with Crippen LogP contribution in [0.1, 0.15) is 67.2 Å². The third-order valence-electron chi connectivity index (χ3n) is 7.20. The molecular formula is C25H29FN4O2. The van der Waals surface area contributed by atoms with E-state index in [-0.39, 0.29) is 36.0 Å². The number of amides is 2. The summed E-state index contributed by atoms with van der Waals surface area (Å²) in [6.07, 6.45) is 6.69. The molecule has 2 fully saturated rings. The largest absolute Gasteiger partial charge is 0.332 e. The Kier molecular flexibility index (Phi) is 5.66. The molecule has 1 atom stereocenters. The monoisotopic (exact) mass is 436 g/mol. The van der Waals surface area contributed by atoms with Gasteiger partial charge < -0.3 is 4.90 Å². The lowest BCUT2D eigenvalue weighted by atomic mass is 10.1. The molecule has 1 saturated heterocycles. The molecule has 0 radical (unpaired) electrons. The number of aromatic nitrogens is 2. The second-order valence-electron chi connectivity index (χ2n) is 9.20. The fraction of sp³-hybridized carbons (Fsp3) is 0.520. The molecule has 168 valence electrons. The molecule has 3 aliphatic rings. The van der Waals surface area contributed by atoms with Crippen LogP contribution in [0.2, 0.25) is 0 Å². The Bertz CT molecular complexity index is 1050. The molecule has 1 aromatic heterocycles. The number of fused-ring (bicyclic) bond motifs is 1. The van der Waals surface area contributed by atoms with E-state index in [1.165, 1.54) is 6.07 Å². The SMILES string of the molecule is Cc1nc([C@H]2CCCN2C(=O)C2CCCC2)nc2c1CC(=O)N2CCc1ccccc1F. The van der Waals surface area contributed by atoms with Crippen LogP contribution in [0.15, 0.2) is 24.3 Å². The van der Waals surface area contributed by atoms with Crippen molar-refractivity contribution in [2.24, 2.45) is 5.92 Å². The van der Waals surface area contributed by atoms with E-state index in [9.17, 15) is 14.0 Å². The smallest absolute Gasteiger partial charge is 0.232 e. The molecule has 0 unspecified atom stereocenters. The van der Waals surface area contributed by atoms with Crippen LogP contribution in [0.25, 0.3) is 0 Å². The van der Waals surface area contributed by atoms with E-state index in [0.717, 1.165) is 56.3 Å². The molecule has 2 amide bonds. The van der Waals surface area contributed by atoms with Crippen LogP contribution in [-0.2, 0) is 22.4 Å². The quantitative estimate of drug-likeness (QED) is 0.713. The average Bonchev–Trinajstić information content (AvgIpc) is 3.53. The molecule has 0 spiro atoms. The van der Waals surface area contributed by atoms with E-state index in [4.69, 9.17) is 9.97 Å². The van der Waals surface area contributed by atoms with Gasteiger partial charge in [0.1, 0.15) is 11.6 Å². The van der Waals surface area contributed by atoms with Gasteiger partial charge in [-0.15, -0.1) is 0 Å². The molecule has 3 heterocycles. The summed E-state index contributed by atoms with van der Waals surface area (Å²) in [6, 6.07) is 6.53. The van der Waals surface area contributed by atoms with Crippen molar-refractivity contribution < 1.29 is 14.0 Å². The summed E-state index contributed by atoms with van der Waals surface area (Å²) in [5.41, 5.74) is 2.23. The van der Waals surface area contributed by atoms with Gasteiger partial charge >= 0.3 is 0 Å². The zero-order valence-corrected chi connectivity index (χ0v) is 18.5. The minimum atomic E-state index is -0.258. The topological polar surface area (TPSA) is 66.4 Å². The highest BCUT2D eigenvalue weighted by molar-refractivity contribution is 6.00. The molecule has 1 aromatic carbocycles. The van der Waals surface area contributed by atoms with Crippen molar-refractivity contribution in [1.82, 2.24) is 14.9 Å². The molecule has 6 nitrogen and oxygen atoms in total. The average molecular weight is 437 g/mol. The fourth-order valence-corrected chi connectivity index (χ4v) is 5.42. The summed E-state index contributed by atoms with van der Waals surface area (Å²) in [5, 5.41) is 0. The molecule has 0 bridgehead atoms. The van der Waals surface area contributed by atoms with Crippen molar-refractivity contribution in [1.29, 1.82) is 0 Å². The van der Waals surface area contributed by atoms with Crippen LogP contribution < -0.4 is 4.90 Å². The Morgan fingerprint density at radius 2 is 1.91 bits per heavy atom. The Morgan fingerprint density at radius 3 is 2.69 bits per heavy atom. The van der Waals surface area contributed by atoms with E-state index < -0.39 is 0 Å². The molecule has 1 saturated carbocycles. The minimum absolute atomic E-state index is 0.0313. The lowest BCUT2D eigenvalue weighted by molar-refractivity contribution is -0.136. The number of aryl methyl sites for hydroxylation is 1. The highest BCUT2D eigenvalue weighted by Gasteiger charge is 2.38. The van der Waals surface area contributed by atoms with Gasteiger partial charge in [0.2, 0.25) is 11.8 Å². The zero-order chi connectivity index (χ0) is 22.2. The van der Waals surface area contributed by atoms with E-state index in [1.54, 1.807) is 23.1 Å². The Morgan fingerprint density at radius 1 is 1.12 bits per heavy atom. The van der Waals surface area contributed by atoms with E-state index in [2.05, 4.69) is 0 Å². The lowest BCUT2D eigenvalue weighted by Crippen LogP contribution is -2.36. The van der Waals surface area contributed by atoms with Crippen LogP contribution in [0, 0.1) is 18.7 Å². The maximum absolute atomic E-state index is 14.1. The molecule has 32 heavy (non-hydrogen) atoms. The molecular weight excluding hydrogens is 407 g/mol. The third kappa shape index (κ3) is 3.78. The zero-order valence-electron chi connectivity index (χ0n) is 18.5. The number of benzene rings is 1. The number of carbonyl (C=O) groups is 2. The number of rotatable bonds is 5. The van der Waals surface area contributed by atoms with Crippen molar-refractivity contribution in [3.8, 4) is 0 Å². The Balaban J connectivity index is 1.40. The molecule has 0 N–H and O–H groups in total. The van der Waals surface area contributed by atoms with Gasteiger partial charge in [0.15, 0.2) is 5.82 Å². The highest BCUT2D eigenvalue weighted by atomic mass is 19.1. The first-order chi connectivity index (χ1) is 15.5. The summed E-state index contributed by atoms with van der Waals surface area (Å²) < 4.78 is 14.1. The molecule has 1 aliphatic carbocycles. The predicted octanol–water partition coefficient (Wildman–Crippen LogP) is 3.91. The first kappa shape index (κ1) is 21.0. The maximum atomic E-state index is 14.1. The van der Waals surface area contributed by atoms with E-state index in [0.29, 0.717) is 30.2 Å². The van der Waals surface area contributed by atoms with Gasteiger partial charge in [-0.25, -0.2) is 14.4 Å². The van der Waals surface area contributed by atoms with E-state index in [1.807, 2.05) is 11.8 Å². The van der Waals surface area contributed by atoms with Gasteiger partial charge in [0, 0.05) is 30.3 Å². The van der Waals surface area contributed by atoms with Crippen molar-refractivity contribution in [2.75, 3.05) is 18.0 Å². The van der Waals surface area contributed by atoms with Gasteiger partial charge in [-0.2, -0.15) is 0 Å². The third-order valence-corrected chi connectivity index (χ3v) is 7.20. The molecule has 2 aliphatic heterocycles. The highest BCUT2D eigenvalue weighted by Crippen LogP contribution is 2.37. The van der Waals surface area contributed by atoms with Crippen molar-refractivity contribution in [3.63, 3.8) is 0 Å². The first-order valence-corrected chi connectivity index (χ1v) is 11.7. The normalized spacial score (nSPS) is 20.9. The minimum Gasteiger partial charge on any atom is -0.332 e. The predicted molar refractivity (Wildman–Crippen MR) is 119 cm³/mol. The summed E-state index contributed by atoms with van der Waals surface area (Å²) in [5.74, 6) is 1.34. The molecule has 5 rings (SSSR count). The second-order valence-corrected chi connectivity index (χ2v) is 9.20. The van der Waals surface area contributed by atoms with Crippen LogP contribution in [0.5, 0.6) is 0 Å². The number of anilines is 1. The summed E-state index contributed by atoms with van der Waals surface area (Å²) in [4.78, 5) is 39.1. The Labute approximate surface area is 187 Å². The van der Waals surface area contributed by atoms with Crippen LogP contribution >= 0.6 is 0 Å². The second kappa shape index (κ2) is 8.60. The number of hydrogen-bond donors (Lipinski definition) is 0. The van der Waals surface area contributed by atoms with Crippen LogP contribution in [0.3, 0.4) is 0 Å². The van der Waals surface area contributed by atoms with Gasteiger partial charge in [-0.1, -0.05) is 31.0 Å². The number of nitrogens with zero attached hydrogens (tertiary/aromatic N) is 4.